The predicted octanol–water partition coefficient (Wildman–Crippen LogP) is 2.89. The van der Waals surface area contributed by atoms with E-state index in [1.807, 2.05) is 12.1 Å². The number of aliphatic hydroxyl groups excluding tert-OH is 1. The lowest BCUT2D eigenvalue weighted by atomic mass is 9.76. The number of carbonyl (C=O) groups is 1. The molecular formula is C23H28FNO5. The van der Waals surface area contributed by atoms with Crippen molar-refractivity contribution < 1.29 is 28.5 Å². The highest BCUT2D eigenvalue weighted by Gasteiger charge is 2.46. The lowest BCUT2D eigenvalue weighted by Gasteiger charge is -2.26. The average molecular weight is 417 g/mol. The number of carbonyl (C=O) groups excluding carboxylic acids is 1. The van der Waals surface area contributed by atoms with Crippen molar-refractivity contribution >= 4 is 5.91 Å². The van der Waals surface area contributed by atoms with Crippen LogP contribution in [-0.4, -0.2) is 45.0 Å². The topological polar surface area (TPSA) is 77.0 Å². The minimum atomic E-state index is -0.735. The van der Waals surface area contributed by atoms with Gasteiger partial charge >= 0.3 is 0 Å². The molecule has 2 atom stereocenters. The molecule has 7 heteroatoms. The first kappa shape index (κ1) is 21.9. The summed E-state index contributed by atoms with van der Waals surface area (Å²) in [5.74, 6) is 1.24. The van der Waals surface area contributed by atoms with Crippen molar-refractivity contribution in [3.05, 3.63) is 53.3 Å². The lowest BCUT2D eigenvalue weighted by Crippen LogP contribution is -2.35. The van der Waals surface area contributed by atoms with E-state index in [4.69, 9.17) is 14.2 Å². The monoisotopic (exact) mass is 417 g/mol. The van der Waals surface area contributed by atoms with Crippen LogP contribution in [0.15, 0.2) is 36.4 Å². The van der Waals surface area contributed by atoms with Gasteiger partial charge in [-0.2, -0.15) is 0 Å². The maximum Gasteiger partial charge on any atom is 0.226 e. The number of ether oxygens (including phenoxy) is 3. The van der Waals surface area contributed by atoms with Gasteiger partial charge in [0.25, 0.3) is 0 Å². The molecule has 0 saturated carbocycles. The molecule has 2 N–H and O–H groups in total. The minimum absolute atomic E-state index is 0.0923. The zero-order chi connectivity index (χ0) is 21.7. The molecule has 6 nitrogen and oxygen atoms in total. The van der Waals surface area contributed by atoms with Crippen molar-refractivity contribution in [2.75, 3.05) is 27.9 Å². The van der Waals surface area contributed by atoms with E-state index in [2.05, 4.69) is 5.32 Å². The Balaban J connectivity index is 1.84. The van der Waals surface area contributed by atoms with Crippen LogP contribution >= 0.6 is 0 Å². The Morgan fingerprint density at radius 3 is 2.37 bits per heavy atom. The van der Waals surface area contributed by atoms with Crippen LogP contribution in [0.2, 0.25) is 0 Å². The third-order valence-electron chi connectivity index (χ3n) is 5.75. The smallest absolute Gasteiger partial charge is 0.226 e. The number of aliphatic hydroxyl groups is 1. The summed E-state index contributed by atoms with van der Waals surface area (Å²) in [6.45, 7) is -0.0962. The van der Waals surface area contributed by atoms with Crippen LogP contribution in [-0.2, 0) is 17.6 Å². The molecule has 1 fully saturated rings. The van der Waals surface area contributed by atoms with E-state index in [0.29, 0.717) is 42.9 Å². The molecule has 0 radical (unpaired) electrons. The van der Waals surface area contributed by atoms with Crippen molar-refractivity contribution in [3.8, 4) is 17.2 Å². The number of rotatable bonds is 9. The average Bonchev–Trinajstić information content (AvgIpc) is 3.03. The molecule has 1 saturated heterocycles. The second-order valence-corrected chi connectivity index (χ2v) is 7.63. The van der Waals surface area contributed by atoms with Gasteiger partial charge in [0.2, 0.25) is 11.7 Å². The zero-order valence-electron chi connectivity index (χ0n) is 17.5. The number of benzene rings is 2. The normalized spacial score (nSPS) is 20.7. The minimum Gasteiger partial charge on any atom is -0.493 e. The first-order chi connectivity index (χ1) is 14.5. The maximum atomic E-state index is 13.3. The Kier molecular flexibility index (Phi) is 6.82. The van der Waals surface area contributed by atoms with Gasteiger partial charge in [-0.15, -0.1) is 0 Å². The molecule has 3 rings (SSSR count). The second-order valence-electron chi connectivity index (χ2n) is 7.63. The van der Waals surface area contributed by atoms with Crippen LogP contribution in [0.25, 0.3) is 0 Å². The van der Waals surface area contributed by atoms with E-state index in [0.717, 1.165) is 11.1 Å². The van der Waals surface area contributed by atoms with Crippen molar-refractivity contribution in [2.45, 2.75) is 31.7 Å². The van der Waals surface area contributed by atoms with Gasteiger partial charge in [0.15, 0.2) is 11.5 Å². The van der Waals surface area contributed by atoms with Crippen molar-refractivity contribution in [3.63, 3.8) is 0 Å². The van der Waals surface area contributed by atoms with E-state index in [1.165, 1.54) is 12.1 Å². The predicted molar refractivity (Wildman–Crippen MR) is 111 cm³/mol. The van der Waals surface area contributed by atoms with Crippen LogP contribution in [0.3, 0.4) is 0 Å². The molecule has 0 spiro atoms. The molecule has 2 aromatic carbocycles. The maximum absolute atomic E-state index is 13.3. The Labute approximate surface area is 176 Å². The molecule has 0 aliphatic carbocycles. The van der Waals surface area contributed by atoms with Gasteiger partial charge in [0.1, 0.15) is 5.82 Å². The fourth-order valence-corrected chi connectivity index (χ4v) is 4.33. The SMILES string of the molecule is COc1ccc(CC2CC(CCO)(Cc3ccc(F)cc3)C(=O)N2)c(OC)c1OC. The van der Waals surface area contributed by atoms with Crippen LogP contribution in [0.4, 0.5) is 4.39 Å². The standard InChI is InChI=1S/C23H28FNO5/c1-28-19-9-6-16(20(29-2)21(19)30-3)12-18-14-23(10-11-26,22(27)25-18)13-15-4-7-17(24)8-5-15/h4-9,18,26H,10-14H2,1-3H3,(H,25,27). The Hall–Kier alpha value is -2.80. The molecular weight excluding hydrogens is 389 g/mol. The van der Waals surface area contributed by atoms with Crippen LogP contribution < -0.4 is 19.5 Å². The van der Waals surface area contributed by atoms with E-state index < -0.39 is 5.41 Å². The van der Waals surface area contributed by atoms with E-state index >= 15 is 0 Å². The number of hydrogen-bond donors (Lipinski definition) is 2. The van der Waals surface area contributed by atoms with Crippen LogP contribution in [0.5, 0.6) is 17.2 Å². The molecule has 2 unspecified atom stereocenters. The Morgan fingerprint density at radius 2 is 1.77 bits per heavy atom. The first-order valence-corrected chi connectivity index (χ1v) is 9.90. The summed E-state index contributed by atoms with van der Waals surface area (Å²) in [5, 5.41) is 12.7. The fraction of sp³-hybridized carbons (Fsp3) is 0.435. The number of methoxy groups -OCH3 is 3. The van der Waals surface area contributed by atoms with Crippen LogP contribution in [0, 0.1) is 11.2 Å². The summed E-state index contributed by atoms with van der Waals surface area (Å²) in [4.78, 5) is 13.0. The number of amides is 1. The molecule has 0 bridgehead atoms. The molecule has 1 aliphatic heterocycles. The third kappa shape index (κ3) is 4.36. The summed E-state index contributed by atoms with van der Waals surface area (Å²) in [7, 11) is 4.68. The third-order valence-corrected chi connectivity index (χ3v) is 5.75. The summed E-state index contributed by atoms with van der Waals surface area (Å²) >= 11 is 0. The Bertz CT molecular complexity index is 886. The summed E-state index contributed by atoms with van der Waals surface area (Å²) in [5.41, 5.74) is 1.02. The van der Waals surface area contributed by atoms with Crippen molar-refractivity contribution in [1.29, 1.82) is 0 Å². The quantitative estimate of drug-likeness (QED) is 0.656. The number of nitrogens with one attached hydrogen (secondary N) is 1. The zero-order valence-corrected chi connectivity index (χ0v) is 17.5. The van der Waals surface area contributed by atoms with Gasteiger partial charge in [-0.3, -0.25) is 4.79 Å². The van der Waals surface area contributed by atoms with E-state index in [9.17, 15) is 14.3 Å². The highest BCUT2D eigenvalue weighted by Crippen LogP contribution is 2.43. The fourth-order valence-electron chi connectivity index (χ4n) is 4.33. The second kappa shape index (κ2) is 9.34. The van der Waals surface area contributed by atoms with Gasteiger partial charge in [0, 0.05) is 18.2 Å². The van der Waals surface area contributed by atoms with Crippen LogP contribution in [0.1, 0.15) is 24.0 Å². The number of halogens is 1. The molecule has 2 aromatic rings. The molecule has 162 valence electrons. The van der Waals surface area contributed by atoms with Gasteiger partial charge in [0.05, 0.1) is 26.7 Å². The molecule has 1 amide bonds. The largest absolute Gasteiger partial charge is 0.493 e. The number of hydrogen-bond acceptors (Lipinski definition) is 5. The van der Waals surface area contributed by atoms with Gasteiger partial charge in [-0.25, -0.2) is 4.39 Å². The molecule has 0 aromatic heterocycles. The van der Waals surface area contributed by atoms with Gasteiger partial charge < -0.3 is 24.6 Å². The van der Waals surface area contributed by atoms with Crippen molar-refractivity contribution in [1.82, 2.24) is 5.32 Å². The van der Waals surface area contributed by atoms with Gasteiger partial charge in [-0.05, 0) is 49.4 Å². The summed E-state index contributed by atoms with van der Waals surface area (Å²) < 4.78 is 29.6. The molecule has 1 aliphatic rings. The first-order valence-electron chi connectivity index (χ1n) is 9.90. The van der Waals surface area contributed by atoms with E-state index in [1.54, 1.807) is 33.5 Å². The Morgan fingerprint density at radius 1 is 1.07 bits per heavy atom. The summed E-state index contributed by atoms with van der Waals surface area (Å²) in [6.07, 6.45) is 1.89. The van der Waals surface area contributed by atoms with E-state index in [-0.39, 0.29) is 24.4 Å². The van der Waals surface area contributed by atoms with Crippen molar-refractivity contribution in [2.24, 2.45) is 5.41 Å². The highest BCUT2D eigenvalue weighted by atomic mass is 19.1. The highest BCUT2D eigenvalue weighted by molar-refractivity contribution is 5.85. The lowest BCUT2D eigenvalue weighted by molar-refractivity contribution is -0.128. The summed E-state index contributed by atoms with van der Waals surface area (Å²) in [6, 6.07) is 9.74. The molecule has 30 heavy (non-hydrogen) atoms. The molecule has 1 heterocycles. The van der Waals surface area contributed by atoms with Gasteiger partial charge in [-0.1, -0.05) is 18.2 Å².